The lowest BCUT2D eigenvalue weighted by atomic mass is 10.0. The number of rotatable bonds is 6. The third-order valence-corrected chi connectivity index (χ3v) is 6.87. The molecule has 0 spiro atoms. The van der Waals surface area contributed by atoms with Gasteiger partial charge in [0.05, 0.1) is 5.52 Å². The first-order valence-electron chi connectivity index (χ1n) is 13.2. The predicted octanol–water partition coefficient (Wildman–Crippen LogP) is 7.82. The summed E-state index contributed by atoms with van der Waals surface area (Å²) in [6.45, 7) is 3.53. The molecule has 0 saturated heterocycles. The van der Waals surface area contributed by atoms with Crippen LogP contribution in [0.2, 0.25) is 0 Å². The van der Waals surface area contributed by atoms with E-state index < -0.39 is 17.5 Å². The molecule has 0 unspecified atom stereocenters. The number of aromatic nitrogens is 4. The van der Waals surface area contributed by atoms with Crippen molar-refractivity contribution >= 4 is 35.0 Å². The van der Waals surface area contributed by atoms with Crippen LogP contribution < -0.4 is 10.1 Å². The van der Waals surface area contributed by atoms with Gasteiger partial charge in [0.2, 0.25) is 0 Å². The molecular formula is C33H24ClF2N5O3. The molecule has 6 rings (SSSR count). The molecule has 2 N–H and O–H groups in total. The topological polar surface area (TPSA) is 110 Å². The van der Waals surface area contributed by atoms with Crippen molar-refractivity contribution < 1.29 is 23.4 Å². The quantitative estimate of drug-likeness (QED) is 0.197. The summed E-state index contributed by atoms with van der Waals surface area (Å²) in [5, 5.41) is 13.5. The number of anilines is 1. The fourth-order valence-corrected chi connectivity index (χ4v) is 4.73. The number of carbonyl (C=O) groups is 1. The maximum absolute atomic E-state index is 15.2. The van der Waals surface area contributed by atoms with Gasteiger partial charge >= 0.3 is 0 Å². The Balaban J connectivity index is 0.00000384. The molecule has 0 aliphatic rings. The molecule has 1 amide bonds. The summed E-state index contributed by atoms with van der Waals surface area (Å²) in [6, 6.07) is 16.7. The van der Waals surface area contributed by atoms with Gasteiger partial charge in [-0.3, -0.25) is 19.7 Å². The van der Waals surface area contributed by atoms with Crippen molar-refractivity contribution in [2.75, 3.05) is 5.32 Å². The summed E-state index contributed by atoms with van der Waals surface area (Å²) in [5.41, 5.74) is 4.78. The minimum atomic E-state index is -0.732. The average Bonchev–Trinajstić information content (AvgIpc) is 3.00. The standard InChI is InChI=1S/C33H23F2N5O3.ClH/c1-18-24(21-4-3-12-36-16-21)15-27-31(39-18)29(11-13-37-27)43-28-10-9-23(14-26(28)35)40-33(42)25-17-38-19(2)30(32(25)41)20-5-7-22(34)8-6-20;/h3-17H,1-2H3,(H,38,41)(H,40,42);1H. The highest BCUT2D eigenvalue weighted by Gasteiger charge is 2.20. The lowest BCUT2D eigenvalue weighted by Gasteiger charge is -2.14. The Kier molecular flexibility index (Phi) is 8.45. The van der Waals surface area contributed by atoms with Crippen LogP contribution in [0, 0.1) is 25.5 Å². The van der Waals surface area contributed by atoms with Crippen molar-refractivity contribution in [3.8, 4) is 39.5 Å². The molecule has 6 aromatic rings. The van der Waals surface area contributed by atoms with Crippen LogP contribution in [0.25, 0.3) is 33.3 Å². The van der Waals surface area contributed by atoms with Gasteiger partial charge in [-0.25, -0.2) is 13.8 Å². The molecule has 4 aromatic heterocycles. The van der Waals surface area contributed by atoms with Crippen molar-refractivity contribution in [3.63, 3.8) is 0 Å². The van der Waals surface area contributed by atoms with Gasteiger partial charge in [-0.15, -0.1) is 12.4 Å². The van der Waals surface area contributed by atoms with E-state index in [0.717, 1.165) is 22.9 Å². The molecular weight excluding hydrogens is 588 g/mol. The zero-order chi connectivity index (χ0) is 30.1. The number of hydrogen-bond acceptors (Lipinski definition) is 7. The Morgan fingerprint density at radius 2 is 1.66 bits per heavy atom. The van der Waals surface area contributed by atoms with Crippen LogP contribution in [0.3, 0.4) is 0 Å². The van der Waals surface area contributed by atoms with E-state index in [4.69, 9.17) is 4.74 Å². The first kappa shape index (κ1) is 30.0. The molecule has 0 saturated carbocycles. The fraction of sp³-hybridized carbons (Fsp3) is 0.0606. The predicted molar refractivity (Wildman–Crippen MR) is 165 cm³/mol. The van der Waals surface area contributed by atoms with E-state index in [9.17, 15) is 14.3 Å². The van der Waals surface area contributed by atoms with Gasteiger partial charge in [-0.05, 0) is 55.8 Å². The van der Waals surface area contributed by atoms with Crippen molar-refractivity contribution in [1.82, 2.24) is 19.9 Å². The Morgan fingerprint density at radius 1 is 0.864 bits per heavy atom. The summed E-state index contributed by atoms with van der Waals surface area (Å²) in [5.74, 6) is -1.97. The first-order valence-corrected chi connectivity index (χ1v) is 13.2. The van der Waals surface area contributed by atoms with Gasteiger partial charge < -0.3 is 15.2 Å². The summed E-state index contributed by atoms with van der Waals surface area (Å²) in [7, 11) is 0. The van der Waals surface area contributed by atoms with Gasteiger partial charge in [-0.2, -0.15) is 0 Å². The second-order valence-corrected chi connectivity index (χ2v) is 9.73. The van der Waals surface area contributed by atoms with E-state index in [1.165, 1.54) is 42.6 Å². The summed E-state index contributed by atoms with van der Waals surface area (Å²) >= 11 is 0. The highest BCUT2D eigenvalue weighted by molar-refractivity contribution is 6.07. The van der Waals surface area contributed by atoms with Crippen LogP contribution in [0.5, 0.6) is 17.2 Å². The molecule has 44 heavy (non-hydrogen) atoms. The number of fused-ring (bicyclic) bond motifs is 1. The van der Waals surface area contributed by atoms with Crippen molar-refractivity contribution in [2.45, 2.75) is 13.8 Å². The molecule has 0 atom stereocenters. The number of nitrogens with zero attached hydrogens (tertiary/aromatic N) is 4. The number of aromatic hydroxyl groups is 1. The summed E-state index contributed by atoms with van der Waals surface area (Å²) < 4.78 is 34.5. The Hall–Kier alpha value is -5.48. The number of aryl methyl sites for hydroxylation is 2. The minimum absolute atomic E-state index is 0. The lowest BCUT2D eigenvalue weighted by Crippen LogP contribution is -2.13. The van der Waals surface area contributed by atoms with Crippen molar-refractivity contribution in [2.24, 2.45) is 0 Å². The normalized spacial score (nSPS) is 10.7. The zero-order valence-electron chi connectivity index (χ0n) is 23.4. The number of carbonyl (C=O) groups excluding carboxylic acids is 1. The maximum Gasteiger partial charge on any atom is 0.261 e. The molecule has 4 heterocycles. The number of ether oxygens (including phenoxy) is 1. The van der Waals surface area contributed by atoms with Gasteiger partial charge in [-0.1, -0.05) is 18.2 Å². The van der Waals surface area contributed by atoms with E-state index in [-0.39, 0.29) is 35.2 Å². The third kappa shape index (κ3) is 5.88. The van der Waals surface area contributed by atoms with Crippen LogP contribution in [0.15, 0.2) is 91.5 Å². The lowest BCUT2D eigenvalue weighted by molar-refractivity contribution is 0.102. The van der Waals surface area contributed by atoms with E-state index in [1.807, 2.05) is 25.1 Å². The summed E-state index contributed by atoms with van der Waals surface area (Å²) in [6.07, 6.45) is 6.21. The number of nitrogens with one attached hydrogen (secondary N) is 1. The molecule has 0 fully saturated rings. The van der Waals surface area contributed by atoms with Crippen LogP contribution in [-0.4, -0.2) is 30.9 Å². The van der Waals surface area contributed by atoms with E-state index in [1.54, 1.807) is 31.6 Å². The summed E-state index contributed by atoms with van der Waals surface area (Å²) in [4.78, 5) is 30.5. The van der Waals surface area contributed by atoms with Crippen molar-refractivity contribution in [3.05, 3.63) is 120 Å². The highest BCUT2D eigenvalue weighted by atomic mass is 35.5. The van der Waals surface area contributed by atoms with E-state index >= 15 is 4.39 Å². The Morgan fingerprint density at radius 3 is 2.39 bits per heavy atom. The monoisotopic (exact) mass is 611 g/mol. The maximum atomic E-state index is 15.2. The second-order valence-electron chi connectivity index (χ2n) is 9.73. The number of pyridine rings is 4. The average molecular weight is 612 g/mol. The Bertz CT molecular complexity index is 2010. The van der Waals surface area contributed by atoms with Gasteiger partial charge in [0, 0.05) is 70.7 Å². The molecule has 0 aliphatic carbocycles. The van der Waals surface area contributed by atoms with E-state index in [2.05, 4.69) is 25.3 Å². The number of halogens is 3. The van der Waals surface area contributed by atoms with Crippen LogP contribution in [-0.2, 0) is 0 Å². The fourth-order valence-electron chi connectivity index (χ4n) is 4.73. The SMILES string of the molecule is Cc1nc2c(Oc3ccc(NC(=O)c4cnc(C)c(-c5ccc(F)cc5)c4O)cc3F)ccnc2cc1-c1cccnc1.Cl. The minimum Gasteiger partial charge on any atom is -0.506 e. The van der Waals surface area contributed by atoms with Gasteiger partial charge in [0.25, 0.3) is 5.91 Å². The van der Waals surface area contributed by atoms with Crippen LogP contribution in [0.1, 0.15) is 21.7 Å². The zero-order valence-corrected chi connectivity index (χ0v) is 24.2. The smallest absolute Gasteiger partial charge is 0.261 e. The first-order chi connectivity index (χ1) is 20.8. The van der Waals surface area contributed by atoms with Crippen LogP contribution in [0.4, 0.5) is 14.5 Å². The van der Waals surface area contributed by atoms with E-state index in [0.29, 0.717) is 33.6 Å². The number of amides is 1. The molecule has 0 bridgehead atoms. The van der Waals surface area contributed by atoms with Gasteiger partial charge in [0.1, 0.15) is 22.6 Å². The second kappa shape index (κ2) is 12.4. The largest absolute Gasteiger partial charge is 0.506 e. The molecule has 0 aliphatic heterocycles. The molecule has 2 aromatic carbocycles. The molecule has 0 radical (unpaired) electrons. The van der Waals surface area contributed by atoms with Gasteiger partial charge in [0.15, 0.2) is 17.3 Å². The third-order valence-electron chi connectivity index (χ3n) is 6.87. The molecule has 8 nitrogen and oxygen atoms in total. The Labute approximate surface area is 256 Å². The molecule has 11 heteroatoms. The van der Waals surface area contributed by atoms with Crippen molar-refractivity contribution in [1.29, 1.82) is 0 Å². The number of benzene rings is 2. The highest BCUT2D eigenvalue weighted by Crippen LogP contribution is 2.36. The van der Waals surface area contributed by atoms with Crippen LogP contribution >= 0.6 is 12.4 Å². The number of hydrogen-bond donors (Lipinski definition) is 2. The molecule has 220 valence electrons.